The van der Waals surface area contributed by atoms with Crippen LogP contribution in [0.1, 0.15) is 56.1 Å². The van der Waals surface area contributed by atoms with Crippen molar-refractivity contribution in [1.82, 2.24) is 25.0 Å². The first kappa shape index (κ1) is 26.6. The van der Waals surface area contributed by atoms with E-state index < -0.39 is 22.6 Å². The Kier molecular flexibility index (Phi) is 8.27. The Morgan fingerprint density at radius 3 is 2.74 bits per heavy atom. The highest BCUT2D eigenvalue weighted by Crippen LogP contribution is 2.41. The molecule has 1 aromatic carbocycles. The Bertz CT molecular complexity index is 1270. The van der Waals surface area contributed by atoms with Crippen LogP contribution in [0.25, 0.3) is 11.3 Å². The van der Waals surface area contributed by atoms with Gasteiger partial charge in [-0.25, -0.2) is 28.3 Å². The molecule has 2 aromatic heterocycles. The molecule has 2 atom stereocenters. The van der Waals surface area contributed by atoms with Crippen LogP contribution in [0.5, 0.6) is 11.6 Å². The maximum Gasteiger partial charge on any atom is 0.232 e. The summed E-state index contributed by atoms with van der Waals surface area (Å²) in [6.07, 6.45) is 9.56. The Balaban J connectivity index is 1.42. The standard InChI is InChI=1S/C27H33FN6O3S/c1-18-15-19(27(34-38(35)36)10-3-2-4-11-27)16-22(28)24(18)37-25-21(8-6-13-30-25)23-9-14-31-26(33-23)32-20-7-5-12-29-17-20/h6,8-9,13-16,20,29,34H,2-5,7,10-12,17H2,1H3,(H,35,36)(H,31,32,33)/t20-/m0/s1. The van der Waals surface area contributed by atoms with Gasteiger partial charge in [0, 0.05) is 25.0 Å². The summed E-state index contributed by atoms with van der Waals surface area (Å²) in [6, 6.07) is 8.87. The van der Waals surface area contributed by atoms with Crippen LogP contribution < -0.4 is 20.1 Å². The first-order valence-electron chi connectivity index (χ1n) is 13.1. The predicted octanol–water partition coefficient (Wildman–Crippen LogP) is 4.83. The van der Waals surface area contributed by atoms with Crippen molar-refractivity contribution in [3.63, 3.8) is 0 Å². The van der Waals surface area contributed by atoms with Crippen LogP contribution in [0.15, 0.2) is 42.7 Å². The van der Waals surface area contributed by atoms with E-state index in [9.17, 15) is 8.76 Å². The molecule has 2 aliphatic rings. The van der Waals surface area contributed by atoms with Crippen molar-refractivity contribution in [2.45, 2.75) is 63.5 Å². The van der Waals surface area contributed by atoms with E-state index in [1.807, 2.05) is 12.1 Å². The number of halogens is 1. The van der Waals surface area contributed by atoms with E-state index in [1.54, 1.807) is 31.5 Å². The summed E-state index contributed by atoms with van der Waals surface area (Å²) in [4.78, 5) is 13.4. The highest BCUT2D eigenvalue weighted by atomic mass is 32.2. The molecule has 3 aromatic rings. The molecule has 38 heavy (non-hydrogen) atoms. The fourth-order valence-electron chi connectivity index (χ4n) is 5.41. The summed E-state index contributed by atoms with van der Waals surface area (Å²) in [5, 5.41) is 6.75. The third-order valence-corrected chi connectivity index (χ3v) is 7.87. The van der Waals surface area contributed by atoms with Gasteiger partial charge < -0.3 is 15.4 Å². The van der Waals surface area contributed by atoms with Gasteiger partial charge in [0.25, 0.3) is 0 Å². The molecule has 0 radical (unpaired) electrons. The number of piperidine rings is 1. The summed E-state index contributed by atoms with van der Waals surface area (Å²) >= 11 is -2.22. The topological polar surface area (TPSA) is 121 Å². The zero-order valence-corrected chi connectivity index (χ0v) is 22.2. The number of hydrogen-bond acceptors (Lipinski definition) is 7. The average molecular weight is 541 g/mol. The van der Waals surface area contributed by atoms with Crippen molar-refractivity contribution in [2.24, 2.45) is 0 Å². The summed E-state index contributed by atoms with van der Waals surface area (Å²) in [5.41, 5.74) is 1.69. The fourth-order valence-corrected chi connectivity index (χ4v) is 6.06. The molecule has 3 heterocycles. The maximum atomic E-state index is 15.6. The predicted molar refractivity (Wildman–Crippen MR) is 145 cm³/mol. The molecule has 0 bridgehead atoms. The minimum Gasteiger partial charge on any atom is -0.435 e. The van der Waals surface area contributed by atoms with Crippen LogP contribution in [-0.4, -0.2) is 42.8 Å². The van der Waals surface area contributed by atoms with Crippen LogP contribution in [0.3, 0.4) is 0 Å². The molecule has 5 rings (SSSR count). The van der Waals surface area contributed by atoms with Gasteiger partial charge in [0.1, 0.15) is 0 Å². The summed E-state index contributed by atoms with van der Waals surface area (Å²) < 4.78 is 45.7. The van der Waals surface area contributed by atoms with Crippen molar-refractivity contribution in [2.75, 3.05) is 18.4 Å². The number of aryl methyl sites for hydroxylation is 1. The van der Waals surface area contributed by atoms with Gasteiger partial charge in [-0.15, -0.1) is 0 Å². The lowest BCUT2D eigenvalue weighted by Gasteiger charge is -2.37. The molecule has 2 fully saturated rings. The lowest BCUT2D eigenvalue weighted by molar-refractivity contribution is 0.270. The number of benzene rings is 1. The molecule has 1 aliphatic carbocycles. The average Bonchev–Trinajstić information content (AvgIpc) is 2.92. The monoisotopic (exact) mass is 540 g/mol. The van der Waals surface area contributed by atoms with Gasteiger partial charge in [-0.3, -0.25) is 4.55 Å². The molecule has 1 saturated heterocycles. The summed E-state index contributed by atoms with van der Waals surface area (Å²) in [6.45, 7) is 3.64. The molecule has 1 saturated carbocycles. The van der Waals surface area contributed by atoms with Gasteiger partial charge >= 0.3 is 0 Å². The van der Waals surface area contributed by atoms with E-state index in [4.69, 9.17) is 4.74 Å². The smallest absolute Gasteiger partial charge is 0.232 e. The van der Waals surface area contributed by atoms with E-state index >= 15 is 4.39 Å². The highest BCUT2D eigenvalue weighted by Gasteiger charge is 2.36. The number of nitrogens with zero attached hydrogens (tertiary/aromatic N) is 3. The number of ether oxygens (including phenoxy) is 1. The largest absolute Gasteiger partial charge is 0.435 e. The van der Waals surface area contributed by atoms with Crippen LogP contribution >= 0.6 is 0 Å². The lowest BCUT2D eigenvalue weighted by Crippen LogP contribution is -2.44. The van der Waals surface area contributed by atoms with Crippen LogP contribution in [0, 0.1) is 12.7 Å². The lowest BCUT2D eigenvalue weighted by atomic mass is 9.77. The molecular formula is C27H33FN6O3S. The third kappa shape index (κ3) is 6.01. The van der Waals surface area contributed by atoms with Crippen LogP contribution in [0.2, 0.25) is 0 Å². The van der Waals surface area contributed by atoms with Gasteiger partial charge in [0.05, 0.1) is 16.8 Å². The second kappa shape index (κ2) is 11.8. The molecule has 1 aliphatic heterocycles. The zero-order chi connectivity index (χ0) is 26.5. The maximum absolute atomic E-state index is 15.6. The Labute approximate surface area is 224 Å². The van der Waals surface area contributed by atoms with Crippen LogP contribution in [-0.2, 0) is 16.8 Å². The van der Waals surface area contributed by atoms with Crippen LogP contribution in [0.4, 0.5) is 10.3 Å². The molecule has 0 amide bonds. The number of aromatic nitrogens is 3. The quantitative estimate of drug-likeness (QED) is 0.300. The molecule has 9 nitrogen and oxygen atoms in total. The number of anilines is 1. The van der Waals surface area contributed by atoms with E-state index in [-0.39, 0.29) is 17.7 Å². The van der Waals surface area contributed by atoms with Crippen molar-refractivity contribution in [3.8, 4) is 22.9 Å². The molecule has 202 valence electrons. The number of nitrogens with one attached hydrogen (secondary N) is 3. The summed E-state index contributed by atoms with van der Waals surface area (Å²) in [7, 11) is 0. The third-order valence-electron chi connectivity index (χ3n) is 7.30. The Morgan fingerprint density at radius 1 is 1.16 bits per heavy atom. The first-order valence-corrected chi connectivity index (χ1v) is 14.2. The highest BCUT2D eigenvalue weighted by molar-refractivity contribution is 7.77. The molecule has 11 heteroatoms. The van der Waals surface area contributed by atoms with Gasteiger partial charge in [-0.2, -0.15) is 0 Å². The van der Waals surface area contributed by atoms with E-state index in [2.05, 4.69) is 30.3 Å². The molecule has 1 unspecified atom stereocenters. The number of hydrogen-bond donors (Lipinski definition) is 4. The molecular weight excluding hydrogens is 507 g/mol. The van der Waals surface area contributed by atoms with E-state index in [1.165, 1.54) is 6.07 Å². The van der Waals surface area contributed by atoms with Gasteiger partial charge in [-0.1, -0.05) is 25.3 Å². The second-order valence-electron chi connectivity index (χ2n) is 10.0. The second-order valence-corrected chi connectivity index (χ2v) is 10.7. The van der Waals surface area contributed by atoms with Crippen molar-refractivity contribution >= 4 is 17.2 Å². The first-order chi connectivity index (χ1) is 18.4. The summed E-state index contributed by atoms with van der Waals surface area (Å²) in [5.74, 6) is 0.254. The van der Waals surface area contributed by atoms with Crippen molar-refractivity contribution in [3.05, 3.63) is 59.7 Å². The van der Waals surface area contributed by atoms with E-state index in [0.29, 0.717) is 41.2 Å². The minimum atomic E-state index is -2.22. The molecule has 0 spiro atoms. The number of rotatable bonds is 8. The Hall–Kier alpha value is -2.99. The SMILES string of the molecule is Cc1cc(C2(NS(=O)O)CCCCC2)cc(F)c1Oc1ncccc1-c1ccnc(N[C@H]2CCCNC2)n1. The zero-order valence-electron chi connectivity index (χ0n) is 21.4. The van der Waals surface area contributed by atoms with Gasteiger partial charge in [0.2, 0.25) is 23.1 Å². The van der Waals surface area contributed by atoms with Gasteiger partial charge in [-0.05, 0) is 74.5 Å². The van der Waals surface area contributed by atoms with Gasteiger partial charge in [0.15, 0.2) is 11.6 Å². The van der Waals surface area contributed by atoms with E-state index in [0.717, 1.165) is 45.2 Å². The minimum absolute atomic E-state index is 0.0606. The fraction of sp³-hybridized carbons (Fsp3) is 0.444. The van der Waals surface area contributed by atoms with Crippen molar-refractivity contribution < 1.29 is 17.9 Å². The number of pyridine rings is 1. The molecule has 4 N–H and O–H groups in total. The van der Waals surface area contributed by atoms with Crippen molar-refractivity contribution in [1.29, 1.82) is 0 Å². The Morgan fingerprint density at radius 2 is 2.00 bits per heavy atom. The normalized spacial score (nSPS) is 20.0.